The van der Waals surface area contributed by atoms with Gasteiger partial charge in [-0.25, -0.2) is 4.98 Å². The van der Waals surface area contributed by atoms with Crippen molar-refractivity contribution in [2.45, 2.75) is 63.6 Å². The van der Waals surface area contributed by atoms with Crippen molar-refractivity contribution in [3.8, 4) is 0 Å². The van der Waals surface area contributed by atoms with E-state index < -0.39 is 0 Å². The van der Waals surface area contributed by atoms with Gasteiger partial charge in [0.05, 0.1) is 12.4 Å². The first-order chi connectivity index (χ1) is 8.96. The number of amides is 1. The fourth-order valence-electron chi connectivity index (χ4n) is 2.65. The number of hydrogen-bond donors (Lipinski definition) is 2. The lowest BCUT2D eigenvalue weighted by atomic mass is 9.99. The molecular weight excluding hydrogens is 240 g/mol. The molecule has 1 aromatic rings. The van der Waals surface area contributed by atoms with E-state index in [0.29, 0.717) is 18.9 Å². The van der Waals surface area contributed by atoms with E-state index >= 15 is 0 Å². The zero-order chi connectivity index (χ0) is 13.9. The summed E-state index contributed by atoms with van der Waals surface area (Å²) in [5, 5.41) is 3.15. The van der Waals surface area contributed by atoms with Crippen LogP contribution in [0.3, 0.4) is 0 Å². The van der Waals surface area contributed by atoms with Crippen molar-refractivity contribution < 1.29 is 4.79 Å². The fourth-order valence-corrected chi connectivity index (χ4v) is 2.65. The second-order valence-electron chi connectivity index (χ2n) is 6.17. The smallest absolute Gasteiger partial charge is 0.220 e. The topological polar surface area (TPSA) is 72.9 Å². The summed E-state index contributed by atoms with van der Waals surface area (Å²) in [6.45, 7) is 3.90. The third-order valence-corrected chi connectivity index (χ3v) is 3.73. The molecule has 1 amide bonds. The lowest BCUT2D eigenvalue weighted by Crippen LogP contribution is -2.40. The number of imidazole rings is 1. The van der Waals surface area contributed by atoms with Gasteiger partial charge in [0.1, 0.15) is 0 Å². The molecule has 1 saturated carbocycles. The van der Waals surface area contributed by atoms with Crippen LogP contribution in [0.1, 0.15) is 52.0 Å². The van der Waals surface area contributed by atoms with E-state index in [2.05, 4.69) is 14.9 Å². The van der Waals surface area contributed by atoms with Crippen molar-refractivity contribution in [3.05, 3.63) is 18.7 Å². The van der Waals surface area contributed by atoms with E-state index in [1.807, 2.05) is 26.4 Å². The highest BCUT2D eigenvalue weighted by molar-refractivity contribution is 5.76. The molecule has 1 fully saturated rings. The first-order valence-corrected chi connectivity index (χ1v) is 7.01. The fraction of sp³-hybridized carbons (Fsp3) is 0.714. The van der Waals surface area contributed by atoms with E-state index in [1.54, 1.807) is 6.20 Å². The summed E-state index contributed by atoms with van der Waals surface area (Å²) < 4.78 is 2.10. The minimum atomic E-state index is -0.281. The Morgan fingerprint density at radius 3 is 2.95 bits per heavy atom. The van der Waals surface area contributed by atoms with Gasteiger partial charge in [0.25, 0.3) is 0 Å². The van der Waals surface area contributed by atoms with Crippen molar-refractivity contribution in [2.75, 3.05) is 0 Å². The van der Waals surface area contributed by atoms with Gasteiger partial charge in [-0.1, -0.05) is 0 Å². The van der Waals surface area contributed by atoms with Crippen LogP contribution in [-0.4, -0.2) is 27.0 Å². The quantitative estimate of drug-likeness (QED) is 0.848. The molecule has 3 N–H and O–H groups in total. The molecule has 2 rings (SSSR count). The van der Waals surface area contributed by atoms with Gasteiger partial charge in [-0.05, 0) is 39.5 Å². The average Bonchev–Trinajstić information content (AvgIpc) is 2.94. The van der Waals surface area contributed by atoms with Crippen molar-refractivity contribution in [1.29, 1.82) is 0 Å². The molecule has 1 heterocycles. The molecule has 1 aliphatic carbocycles. The number of rotatable bonds is 5. The molecule has 1 aliphatic rings. The van der Waals surface area contributed by atoms with Crippen LogP contribution in [0, 0.1) is 0 Å². The molecule has 5 heteroatoms. The number of hydrogen-bond acceptors (Lipinski definition) is 3. The first kappa shape index (κ1) is 14.1. The Balaban J connectivity index is 1.86. The Morgan fingerprint density at radius 2 is 2.32 bits per heavy atom. The monoisotopic (exact) mass is 264 g/mol. The Labute approximate surface area is 114 Å². The van der Waals surface area contributed by atoms with Gasteiger partial charge in [-0.15, -0.1) is 0 Å². The normalized spacial score (nSPS) is 23.5. The highest BCUT2D eigenvalue weighted by Crippen LogP contribution is 2.30. The Kier molecular flexibility index (Phi) is 4.24. The number of carbonyl (C=O) groups is 1. The summed E-state index contributed by atoms with van der Waals surface area (Å²) in [6, 6.07) is 0.569. The molecular formula is C14H24N4O. The van der Waals surface area contributed by atoms with Crippen LogP contribution in [0.4, 0.5) is 0 Å². The number of nitrogens with one attached hydrogen (secondary N) is 1. The molecule has 1 aromatic heterocycles. The van der Waals surface area contributed by atoms with Gasteiger partial charge in [0.2, 0.25) is 5.91 Å². The van der Waals surface area contributed by atoms with Crippen molar-refractivity contribution in [2.24, 2.45) is 5.73 Å². The summed E-state index contributed by atoms with van der Waals surface area (Å²) in [4.78, 5) is 16.1. The maximum atomic E-state index is 12.0. The van der Waals surface area contributed by atoms with E-state index in [4.69, 9.17) is 5.73 Å². The predicted octanol–water partition coefficient (Wildman–Crippen LogP) is 1.61. The third kappa shape index (κ3) is 4.06. The highest BCUT2D eigenvalue weighted by Gasteiger charge is 2.29. The van der Waals surface area contributed by atoms with Crippen LogP contribution in [0.25, 0.3) is 0 Å². The zero-order valence-electron chi connectivity index (χ0n) is 11.8. The molecule has 19 heavy (non-hydrogen) atoms. The van der Waals surface area contributed by atoms with Crippen LogP contribution in [-0.2, 0) is 4.79 Å². The molecule has 5 nitrogen and oxygen atoms in total. The first-order valence-electron chi connectivity index (χ1n) is 7.01. The molecule has 0 radical (unpaired) electrons. The molecule has 0 aromatic carbocycles. The number of nitrogens with zero attached hydrogens (tertiary/aromatic N) is 2. The summed E-state index contributed by atoms with van der Waals surface area (Å²) >= 11 is 0. The van der Waals surface area contributed by atoms with Crippen molar-refractivity contribution >= 4 is 5.91 Å². The molecule has 0 saturated heterocycles. The third-order valence-electron chi connectivity index (χ3n) is 3.73. The van der Waals surface area contributed by atoms with Crippen LogP contribution in [0.15, 0.2) is 18.7 Å². The van der Waals surface area contributed by atoms with Crippen LogP contribution in [0.5, 0.6) is 0 Å². The molecule has 0 bridgehead atoms. The molecule has 106 valence electrons. The van der Waals surface area contributed by atoms with Gasteiger partial charge in [-0.2, -0.15) is 0 Å². The average molecular weight is 264 g/mol. The van der Waals surface area contributed by atoms with Gasteiger partial charge >= 0.3 is 0 Å². The van der Waals surface area contributed by atoms with Crippen LogP contribution < -0.4 is 11.1 Å². The van der Waals surface area contributed by atoms with E-state index in [-0.39, 0.29) is 17.5 Å². The minimum absolute atomic E-state index is 0.107. The van der Waals surface area contributed by atoms with Gasteiger partial charge in [-0.3, -0.25) is 4.79 Å². The number of carbonyl (C=O) groups excluding carboxylic acids is 1. The van der Waals surface area contributed by atoms with Crippen LogP contribution >= 0.6 is 0 Å². The standard InChI is InChI=1S/C14H24N4O/c1-14(2,15)7-6-13(19)17-11-4-3-5-12(11)18-9-8-16-10-18/h8-12H,3-7,15H2,1-2H3,(H,17,19). The van der Waals surface area contributed by atoms with E-state index in [0.717, 1.165) is 19.3 Å². The number of nitrogens with two attached hydrogens (primary N) is 1. The second kappa shape index (κ2) is 5.74. The molecule has 0 spiro atoms. The molecule has 2 unspecified atom stereocenters. The second-order valence-corrected chi connectivity index (χ2v) is 6.17. The largest absolute Gasteiger partial charge is 0.351 e. The summed E-state index contributed by atoms with van der Waals surface area (Å²) in [7, 11) is 0. The van der Waals surface area contributed by atoms with Crippen LogP contribution in [0.2, 0.25) is 0 Å². The highest BCUT2D eigenvalue weighted by atomic mass is 16.1. The Bertz CT molecular complexity index is 408. The minimum Gasteiger partial charge on any atom is -0.351 e. The lowest BCUT2D eigenvalue weighted by molar-refractivity contribution is -0.122. The van der Waals surface area contributed by atoms with Gasteiger partial charge < -0.3 is 15.6 Å². The lowest BCUT2D eigenvalue weighted by Gasteiger charge is -2.23. The van der Waals surface area contributed by atoms with Gasteiger partial charge in [0.15, 0.2) is 0 Å². The van der Waals surface area contributed by atoms with E-state index in [1.165, 1.54) is 0 Å². The summed E-state index contributed by atoms with van der Waals surface area (Å²) in [5.41, 5.74) is 5.62. The van der Waals surface area contributed by atoms with Crippen molar-refractivity contribution in [3.63, 3.8) is 0 Å². The van der Waals surface area contributed by atoms with Crippen molar-refractivity contribution in [1.82, 2.24) is 14.9 Å². The molecule has 0 aliphatic heterocycles. The molecule has 2 atom stereocenters. The van der Waals surface area contributed by atoms with E-state index in [9.17, 15) is 4.79 Å². The SMILES string of the molecule is CC(C)(N)CCC(=O)NC1CCCC1n1ccnc1. The zero-order valence-corrected chi connectivity index (χ0v) is 11.8. The number of aromatic nitrogens is 2. The Morgan fingerprint density at radius 1 is 1.53 bits per heavy atom. The maximum Gasteiger partial charge on any atom is 0.220 e. The summed E-state index contributed by atoms with van der Waals surface area (Å²) in [6.07, 6.45) is 10.1. The summed E-state index contributed by atoms with van der Waals surface area (Å²) in [5.74, 6) is 0.107. The maximum absolute atomic E-state index is 12.0. The Hall–Kier alpha value is -1.36. The predicted molar refractivity (Wildman–Crippen MR) is 74.5 cm³/mol. The van der Waals surface area contributed by atoms with Gasteiger partial charge in [0, 0.05) is 30.4 Å².